The molecule has 3 fully saturated rings. The highest BCUT2D eigenvalue weighted by molar-refractivity contribution is 5.70. The standard InChI is InChI=1S/C13H16N4O/c1-4-14-8-12-10(1)16-13(18-12)11-7-15-9-2-5-17(11)6-3-9/h1,4,8-9,11,15H,2-3,5-7H2. The zero-order valence-corrected chi connectivity index (χ0v) is 10.2. The maximum atomic E-state index is 5.86. The highest BCUT2D eigenvalue weighted by Crippen LogP contribution is 2.29. The Kier molecular flexibility index (Phi) is 2.34. The van der Waals surface area contributed by atoms with Gasteiger partial charge in [0.2, 0.25) is 5.89 Å². The van der Waals surface area contributed by atoms with E-state index in [1.807, 2.05) is 6.07 Å². The van der Waals surface area contributed by atoms with E-state index in [-0.39, 0.29) is 6.04 Å². The fourth-order valence-corrected chi connectivity index (χ4v) is 3.01. The zero-order valence-electron chi connectivity index (χ0n) is 10.2. The summed E-state index contributed by atoms with van der Waals surface area (Å²) >= 11 is 0. The average molecular weight is 244 g/mol. The van der Waals surface area contributed by atoms with Gasteiger partial charge in [0.15, 0.2) is 5.58 Å². The van der Waals surface area contributed by atoms with Crippen LogP contribution in [0, 0.1) is 0 Å². The molecule has 1 unspecified atom stereocenters. The second-order valence-corrected chi connectivity index (χ2v) is 5.13. The summed E-state index contributed by atoms with van der Waals surface area (Å²) in [7, 11) is 0. The van der Waals surface area contributed by atoms with Crippen molar-refractivity contribution in [1.29, 1.82) is 0 Å². The van der Waals surface area contributed by atoms with Crippen LogP contribution in [0.2, 0.25) is 0 Å². The number of aromatic nitrogens is 2. The molecule has 94 valence electrons. The largest absolute Gasteiger partial charge is 0.437 e. The second kappa shape index (κ2) is 4.03. The Balaban J connectivity index is 1.72. The van der Waals surface area contributed by atoms with Crippen molar-refractivity contribution in [3.63, 3.8) is 0 Å². The van der Waals surface area contributed by atoms with Crippen LogP contribution in [0.25, 0.3) is 11.1 Å². The molecule has 2 bridgehead atoms. The third-order valence-corrected chi connectivity index (χ3v) is 4.06. The van der Waals surface area contributed by atoms with Crippen LogP contribution in [0.3, 0.4) is 0 Å². The summed E-state index contributed by atoms with van der Waals surface area (Å²) in [5.41, 5.74) is 1.69. The fourth-order valence-electron chi connectivity index (χ4n) is 3.01. The summed E-state index contributed by atoms with van der Waals surface area (Å²) in [6.45, 7) is 3.21. The SMILES string of the molecule is c1cc2nc(C3CNC4CCN3CC4)oc2cn1. The molecule has 5 rings (SSSR count). The summed E-state index contributed by atoms with van der Waals surface area (Å²) in [6, 6.07) is 2.85. The molecular formula is C13H16N4O. The summed E-state index contributed by atoms with van der Waals surface area (Å²) < 4.78 is 5.86. The topological polar surface area (TPSA) is 54.2 Å². The van der Waals surface area contributed by atoms with Crippen molar-refractivity contribution >= 4 is 11.1 Å². The van der Waals surface area contributed by atoms with Gasteiger partial charge in [-0.2, -0.15) is 0 Å². The predicted molar refractivity (Wildman–Crippen MR) is 67.1 cm³/mol. The first kappa shape index (κ1) is 10.5. The van der Waals surface area contributed by atoms with Crippen LogP contribution < -0.4 is 5.32 Å². The fraction of sp³-hybridized carbons (Fsp3) is 0.538. The number of oxazole rings is 1. The molecular weight excluding hydrogens is 228 g/mol. The molecule has 3 aliphatic heterocycles. The lowest BCUT2D eigenvalue weighted by atomic mass is 10.1. The van der Waals surface area contributed by atoms with Crippen molar-refractivity contribution in [3.05, 3.63) is 24.4 Å². The van der Waals surface area contributed by atoms with E-state index in [1.165, 1.54) is 12.8 Å². The molecule has 1 atom stereocenters. The molecule has 0 spiro atoms. The molecule has 0 saturated carbocycles. The van der Waals surface area contributed by atoms with Gasteiger partial charge >= 0.3 is 0 Å². The summed E-state index contributed by atoms with van der Waals surface area (Å²) in [5, 5.41) is 3.61. The van der Waals surface area contributed by atoms with Crippen LogP contribution in [0.1, 0.15) is 24.8 Å². The molecule has 0 amide bonds. The van der Waals surface area contributed by atoms with Crippen LogP contribution in [-0.4, -0.2) is 40.5 Å². The lowest BCUT2D eigenvalue weighted by molar-refractivity contribution is 0.168. The van der Waals surface area contributed by atoms with Crippen LogP contribution in [0.15, 0.2) is 22.9 Å². The van der Waals surface area contributed by atoms with Gasteiger partial charge in [0.05, 0.1) is 12.2 Å². The van der Waals surface area contributed by atoms with Gasteiger partial charge in [-0.05, 0) is 18.9 Å². The molecule has 5 heteroatoms. The molecule has 0 radical (unpaired) electrons. The van der Waals surface area contributed by atoms with Crippen molar-refractivity contribution < 1.29 is 4.42 Å². The molecule has 0 aliphatic carbocycles. The molecule has 2 aromatic rings. The van der Waals surface area contributed by atoms with E-state index >= 15 is 0 Å². The third-order valence-electron chi connectivity index (χ3n) is 4.06. The van der Waals surface area contributed by atoms with Crippen LogP contribution in [-0.2, 0) is 0 Å². The minimum atomic E-state index is 0.268. The van der Waals surface area contributed by atoms with Crippen LogP contribution in [0.5, 0.6) is 0 Å². The molecule has 3 saturated heterocycles. The Morgan fingerprint density at radius 3 is 3.06 bits per heavy atom. The van der Waals surface area contributed by atoms with Gasteiger partial charge in [-0.15, -0.1) is 0 Å². The Labute approximate surface area is 105 Å². The van der Waals surface area contributed by atoms with Gasteiger partial charge in [0, 0.05) is 31.9 Å². The van der Waals surface area contributed by atoms with Gasteiger partial charge in [-0.1, -0.05) is 0 Å². The van der Waals surface area contributed by atoms with Gasteiger partial charge in [-0.3, -0.25) is 9.88 Å². The zero-order chi connectivity index (χ0) is 11.9. The van der Waals surface area contributed by atoms with Crippen molar-refractivity contribution in [2.75, 3.05) is 19.6 Å². The van der Waals surface area contributed by atoms with E-state index in [2.05, 4.69) is 20.2 Å². The average Bonchev–Trinajstić information content (AvgIpc) is 2.61. The van der Waals surface area contributed by atoms with Crippen molar-refractivity contribution in [2.45, 2.75) is 24.9 Å². The molecule has 0 aromatic carbocycles. The first-order valence-electron chi connectivity index (χ1n) is 6.58. The van der Waals surface area contributed by atoms with E-state index in [0.717, 1.165) is 36.6 Å². The highest BCUT2D eigenvalue weighted by atomic mass is 16.3. The van der Waals surface area contributed by atoms with Crippen LogP contribution in [0.4, 0.5) is 0 Å². The molecule has 5 heterocycles. The number of nitrogens with one attached hydrogen (secondary N) is 1. The number of hydrogen-bond donors (Lipinski definition) is 1. The van der Waals surface area contributed by atoms with Crippen molar-refractivity contribution in [2.24, 2.45) is 0 Å². The minimum Gasteiger partial charge on any atom is -0.437 e. The smallest absolute Gasteiger partial charge is 0.214 e. The van der Waals surface area contributed by atoms with Gasteiger partial charge in [0.25, 0.3) is 0 Å². The number of nitrogens with zero attached hydrogens (tertiary/aromatic N) is 3. The van der Waals surface area contributed by atoms with Gasteiger partial charge in [0.1, 0.15) is 5.52 Å². The number of rotatable bonds is 1. The predicted octanol–water partition coefficient (Wildman–Crippen LogP) is 1.33. The van der Waals surface area contributed by atoms with Gasteiger partial charge in [-0.25, -0.2) is 4.98 Å². The van der Waals surface area contributed by atoms with E-state index < -0.39 is 0 Å². The van der Waals surface area contributed by atoms with E-state index in [1.54, 1.807) is 12.4 Å². The number of pyridine rings is 1. The lowest BCUT2D eigenvalue weighted by Crippen LogP contribution is -2.35. The second-order valence-electron chi connectivity index (χ2n) is 5.13. The third kappa shape index (κ3) is 1.62. The number of fused-ring (bicyclic) bond motifs is 5. The molecule has 3 aliphatic rings. The first-order valence-corrected chi connectivity index (χ1v) is 6.58. The lowest BCUT2D eigenvalue weighted by Gasteiger charge is -2.29. The maximum absolute atomic E-state index is 5.86. The number of piperidine rings is 1. The first-order chi connectivity index (χ1) is 8.90. The maximum Gasteiger partial charge on any atom is 0.214 e. The monoisotopic (exact) mass is 244 g/mol. The Morgan fingerprint density at radius 1 is 1.33 bits per heavy atom. The summed E-state index contributed by atoms with van der Waals surface area (Å²) in [6.07, 6.45) is 5.96. The Hall–Kier alpha value is -1.46. The summed E-state index contributed by atoms with van der Waals surface area (Å²) in [5.74, 6) is 0.827. The van der Waals surface area contributed by atoms with Crippen LogP contribution >= 0.6 is 0 Å². The summed E-state index contributed by atoms with van der Waals surface area (Å²) in [4.78, 5) is 11.2. The molecule has 1 N–H and O–H groups in total. The van der Waals surface area contributed by atoms with E-state index in [0.29, 0.717) is 6.04 Å². The van der Waals surface area contributed by atoms with Crippen molar-refractivity contribution in [3.8, 4) is 0 Å². The van der Waals surface area contributed by atoms with Crippen molar-refractivity contribution in [1.82, 2.24) is 20.2 Å². The molecule has 2 aromatic heterocycles. The highest BCUT2D eigenvalue weighted by Gasteiger charge is 2.33. The van der Waals surface area contributed by atoms with Gasteiger partial charge < -0.3 is 9.73 Å². The molecule has 18 heavy (non-hydrogen) atoms. The molecule has 5 nitrogen and oxygen atoms in total. The Morgan fingerprint density at radius 2 is 2.22 bits per heavy atom. The van der Waals surface area contributed by atoms with E-state index in [9.17, 15) is 0 Å². The Bertz CT molecular complexity index is 526. The number of hydrogen-bond acceptors (Lipinski definition) is 5. The minimum absolute atomic E-state index is 0.268. The van der Waals surface area contributed by atoms with E-state index in [4.69, 9.17) is 4.42 Å². The quantitative estimate of drug-likeness (QED) is 0.820. The normalized spacial score (nSPS) is 31.7.